The molecule has 1 N–H and O–H groups in total. The molecule has 1 saturated carbocycles. The third-order valence-corrected chi connectivity index (χ3v) is 5.05. The Labute approximate surface area is 114 Å². The minimum atomic E-state index is 0.493. The quantitative estimate of drug-likeness (QED) is 0.826. The fourth-order valence-corrected chi connectivity index (χ4v) is 3.65. The Kier molecular flexibility index (Phi) is 4.71. The maximum atomic E-state index is 3.70. The first kappa shape index (κ1) is 14.3. The van der Waals surface area contributed by atoms with Gasteiger partial charge in [0.2, 0.25) is 0 Å². The highest BCUT2D eigenvalue weighted by Gasteiger charge is 2.37. The van der Waals surface area contributed by atoms with Crippen LogP contribution in [0.3, 0.4) is 0 Å². The van der Waals surface area contributed by atoms with E-state index < -0.39 is 0 Å². The predicted octanol–water partition coefficient (Wildman–Crippen LogP) is 3.28. The van der Waals surface area contributed by atoms with Crippen molar-refractivity contribution in [3.05, 3.63) is 0 Å². The van der Waals surface area contributed by atoms with Crippen LogP contribution in [0.15, 0.2) is 0 Å². The third kappa shape index (κ3) is 3.48. The summed E-state index contributed by atoms with van der Waals surface area (Å²) < 4.78 is 0. The van der Waals surface area contributed by atoms with E-state index in [9.17, 15) is 0 Å². The van der Waals surface area contributed by atoms with Gasteiger partial charge in [-0.05, 0) is 56.5 Å². The van der Waals surface area contributed by atoms with Crippen LogP contribution in [0.5, 0.6) is 0 Å². The second-order valence-corrected chi connectivity index (χ2v) is 7.46. The van der Waals surface area contributed by atoms with E-state index in [1.165, 1.54) is 51.7 Å². The van der Waals surface area contributed by atoms with Gasteiger partial charge >= 0.3 is 0 Å². The second kappa shape index (κ2) is 5.92. The molecule has 1 heterocycles. The van der Waals surface area contributed by atoms with Gasteiger partial charge in [-0.1, -0.05) is 27.7 Å². The zero-order chi connectivity index (χ0) is 13.2. The van der Waals surface area contributed by atoms with Crippen LogP contribution < -0.4 is 5.32 Å². The minimum Gasteiger partial charge on any atom is -0.314 e. The molecule has 0 aromatic rings. The predicted molar refractivity (Wildman–Crippen MR) is 78.9 cm³/mol. The molecule has 0 bridgehead atoms. The van der Waals surface area contributed by atoms with Crippen molar-refractivity contribution in [2.45, 2.75) is 71.9 Å². The van der Waals surface area contributed by atoms with E-state index in [-0.39, 0.29) is 0 Å². The zero-order valence-corrected chi connectivity index (χ0v) is 12.8. The third-order valence-electron chi connectivity index (χ3n) is 5.05. The van der Waals surface area contributed by atoms with Crippen LogP contribution in [0, 0.1) is 11.3 Å². The lowest BCUT2D eigenvalue weighted by atomic mass is 9.80. The molecule has 3 atom stereocenters. The van der Waals surface area contributed by atoms with Crippen molar-refractivity contribution >= 4 is 0 Å². The van der Waals surface area contributed by atoms with Gasteiger partial charge in [0.25, 0.3) is 0 Å². The van der Waals surface area contributed by atoms with E-state index in [2.05, 4.69) is 37.9 Å². The first-order valence-corrected chi connectivity index (χ1v) is 7.98. The number of hydrogen-bond acceptors (Lipinski definition) is 2. The first-order chi connectivity index (χ1) is 8.50. The smallest absolute Gasteiger partial charge is 0.0111 e. The fourth-order valence-electron chi connectivity index (χ4n) is 3.65. The molecule has 2 nitrogen and oxygen atoms in total. The average Bonchev–Trinajstić information content (AvgIpc) is 2.93. The summed E-state index contributed by atoms with van der Waals surface area (Å²) in [4.78, 5) is 2.78. The highest BCUT2D eigenvalue weighted by Crippen LogP contribution is 2.36. The lowest BCUT2D eigenvalue weighted by Gasteiger charge is -2.29. The maximum absolute atomic E-state index is 3.70. The molecule has 2 heteroatoms. The van der Waals surface area contributed by atoms with Crippen LogP contribution in [-0.4, -0.2) is 36.6 Å². The molecule has 0 aromatic carbocycles. The van der Waals surface area contributed by atoms with Crippen LogP contribution in [0.2, 0.25) is 0 Å². The van der Waals surface area contributed by atoms with Crippen LogP contribution in [-0.2, 0) is 0 Å². The molecule has 1 aliphatic carbocycles. The van der Waals surface area contributed by atoms with Crippen molar-refractivity contribution in [3.8, 4) is 0 Å². The number of nitrogens with zero attached hydrogens (tertiary/aromatic N) is 1. The fraction of sp³-hybridized carbons (Fsp3) is 1.00. The van der Waals surface area contributed by atoms with Crippen molar-refractivity contribution < 1.29 is 0 Å². The molecule has 18 heavy (non-hydrogen) atoms. The molecule has 0 radical (unpaired) electrons. The Hall–Kier alpha value is -0.0800. The van der Waals surface area contributed by atoms with Crippen LogP contribution in [0.1, 0.15) is 59.8 Å². The van der Waals surface area contributed by atoms with E-state index in [1.807, 2.05) is 0 Å². The van der Waals surface area contributed by atoms with Gasteiger partial charge in [-0.25, -0.2) is 0 Å². The number of likely N-dealkylation sites (tertiary alicyclic amines) is 1. The van der Waals surface area contributed by atoms with Crippen molar-refractivity contribution in [2.24, 2.45) is 11.3 Å². The number of rotatable bonds is 4. The standard InChI is InChI=1S/C16H32N2/c1-5-9-17-14-6-7-15(11-14)18-10-8-13(12-18)16(2,3)4/h13-15,17H,5-12H2,1-4H3. The molecule has 0 aromatic heterocycles. The van der Waals surface area contributed by atoms with E-state index in [0.717, 1.165) is 18.0 Å². The van der Waals surface area contributed by atoms with Crippen LogP contribution in [0.4, 0.5) is 0 Å². The van der Waals surface area contributed by atoms with E-state index in [1.54, 1.807) is 0 Å². The normalized spacial score (nSPS) is 34.3. The summed E-state index contributed by atoms with van der Waals surface area (Å²) in [5.41, 5.74) is 0.493. The van der Waals surface area contributed by atoms with Gasteiger partial charge < -0.3 is 10.2 Å². The SMILES string of the molecule is CCCNC1CCC(N2CCC(C(C)(C)C)C2)C1. The van der Waals surface area contributed by atoms with Gasteiger partial charge in [-0.3, -0.25) is 0 Å². The molecule has 3 unspecified atom stereocenters. The van der Waals surface area contributed by atoms with Gasteiger partial charge in [0.05, 0.1) is 0 Å². The molecule has 1 aliphatic heterocycles. The molecule has 2 fully saturated rings. The van der Waals surface area contributed by atoms with Crippen molar-refractivity contribution in [1.82, 2.24) is 10.2 Å². The van der Waals surface area contributed by atoms with Gasteiger partial charge in [0.15, 0.2) is 0 Å². The maximum Gasteiger partial charge on any atom is 0.0111 e. The van der Waals surface area contributed by atoms with Crippen molar-refractivity contribution in [1.29, 1.82) is 0 Å². The summed E-state index contributed by atoms with van der Waals surface area (Å²) in [6.45, 7) is 13.3. The van der Waals surface area contributed by atoms with E-state index in [4.69, 9.17) is 0 Å². The molecule has 0 amide bonds. The summed E-state index contributed by atoms with van der Waals surface area (Å²) >= 11 is 0. The molecule has 106 valence electrons. The molecule has 1 saturated heterocycles. The van der Waals surface area contributed by atoms with Gasteiger partial charge in [-0.15, -0.1) is 0 Å². The Morgan fingerprint density at radius 2 is 1.94 bits per heavy atom. The zero-order valence-electron chi connectivity index (χ0n) is 12.8. The highest BCUT2D eigenvalue weighted by molar-refractivity contribution is 4.92. The summed E-state index contributed by atoms with van der Waals surface area (Å²) in [6.07, 6.45) is 6.86. The van der Waals surface area contributed by atoms with Crippen LogP contribution >= 0.6 is 0 Å². The van der Waals surface area contributed by atoms with E-state index in [0.29, 0.717) is 5.41 Å². The van der Waals surface area contributed by atoms with Crippen molar-refractivity contribution in [2.75, 3.05) is 19.6 Å². The van der Waals surface area contributed by atoms with Crippen LogP contribution in [0.25, 0.3) is 0 Å². The number of nitrogens with one attached hydrogen (secondary N) is 1. The minimum absolute atomic E-state index is 0.493. The summed E-state index contributed by atoms with van der Waals surface area (Å²) in [5.74, 6) is 0.903. The molecular formula is C16H32N2. The Morgan fingerprint density at radius 1 is 1.17 bits per heavy atom. The second-order valence-electron chi connectivity index (χ2n) is 7.46. The largest absolute Gasteiger partial charge is 0.314 e. The van der Waals surface area contributed by atoms with E-state index >= 15 is 0 Å². The summed E-state index contributed by atoms with van der Waals surface area (Å²) in [5, 5.41) is 3.70. The lowest BCUT2D eigenvalue weighted by molar-refractivity contribution is 0.194. The Bertz CT molecular complexity index is 256. The lowest BCUT2D eigenvalue weighted by Crippen LogP contribution is -2.35. The monoisotopic (exact) mass is 252 g/mol. The Morgan fingerprint density at radius 3 is 2.56 bits per heavy atom. The van der Waals surface area contributed by atoms with Gasteiger partial charge in [0.1, 0.15) is 0 Å². The highest BCUT2D eigenvalue weighted by atomic mass is 15.2. The first-order valence-electron chi connectivity index (χ1n) is 7.98. The van der Waals surface area contributed by atoms with Gasteiger partial charge in [-0.2, -0.15) is 0 Å². The van der Waals surface area contributed by atoms with Crippen molar-refractivity contribution in [3.63, 3.8) is 0 Å². The summed E-state index contributed by atoms with van der Waals surface area (Å²) in [6, 6.07) is 1.66. The molecule has 2 aliphatic rings. The topological polar surface area (TPSA) is 15.3 Å². The van der Waals surface area contributed by atoms with Gasteiger partial charge in [0, 0.05) is 18.6 Å². The molecule has 0 spiro atoms. The molecular weight excluding hydrogens is 220 g/mol. The average molecular weight is 252 g/mol. The number of hydrogen-bond donors (Lipinski definition) is 1. The molecule has 2 rings (SSSR count). The Balaban J connectivity index is 1.77. The summed E-state index contributed by atoms with van der Waals surface area (Å²) in [7, 11) is 0.